The number of halogens is 2. The third kappa shape index (κ3) is 2.30. The first-order valence-corrected chi connectivity index (χ1v) is 4.28. The van der Waals surface area contributed by atoms with E-state index < -0.39 is 0 Å². The van der Waals surface area contributed by atoms with Gasteiger partial charge in [-0.2, -0.15) is 0 Å². The average molecular weight is 237 g/mol. The number of rotatable bonds is 0. The maximum Gasteiger partial charge on any atom is 0.103 e. The lowest BCUT2D eigenvalue weighted by atomic mass is 10.3. The summed E-state index contributed by atoms with van der Waals surface area (Å²) in [5.74, 6) is 0. The highest BCUT2D eigenvalue weighted by atomic mass is 35.5. The molecule has 0 unspecified atom stereocenters. The molecule has 0 saturated heterocycles. The number of pyridine rings is 1. The first-order valence-electron chi connectivity index (χ1n) is 3.46. The van der Waals surface area contributed by atoms with Gasteiger partial charge < -0.3 is 0 Å². The molecule has 2 aromatic rings. The molecule has 5 heteroatoms. The molecule has 0 fully saturated rings. The summed E-state index contributed by atoms with van der Waals surface area (Å²) in [6.07, 6.45) is 1.83. The van der Waals surface area contributed by atoms with E-state index in [4.69, 9.17) is 0 Å². The Morgan fingerprint density at radius 2 is 1.92 bits per heavy atom. The molecule has 0 radical (unpaired) electrons. The lowest BCUT2D eigenvalue weighted by molar-refractivity contribution is 1.20. The predicted molar refractivity (Wildman–Crippen MR) is 61.4 cm³/mol. The predicted octanol–water partition coefficient (Wildman–Crippen LogP) is 3.15. The van der Waals surface area contributed by atoms with Crippen LogP contribution in [0.3, 0.4) is 0 Å². The Hall–Kier alpha value is -0.380. The van der Waals surface area contributed by atoms with E-state index in [9.17, 15) is 0 Å². The smallest absolute Gasteiger partial charge is 0.103 e. The molecule has 72 valence electrons. The molecule has 0 bridgehead atoms. The zero-order valence-electron chi connectivity index (χ0n) is 7.27. The van der Waals surface area contributed by atoms with Crippen LogP contribution in [0.5, 0.6) is 0 Å². The SMILES string of the molecule is Cc1nc2c(C)nccc2s1.Cl.Cl. The minimum absolute atomic E-state index is 0. The van der Waals surface area contributed by atoms with Crippen LogP contribution in [0.1, 0.15) is 10.7 Å². The Kier molecular flexibility index (Phi) is 4.61. The van der Waals surface area contributed by atoms with Crippen LogP contribution in [0.4, 0.5) is 0 Å². The zero-order chi connectivity index (χ0) is 7.84. The molecule has 2 rings (SSSR count). The number of fused-ring (bicyclic) bond motifs is 1. The molecular formula is C8H10Cl2N2S. The van der Waals surface area contributed by atoms with Crippen molar-refractivity contribution in [3.05, 3.63) is 23.0 Å². The molecule has 2 nitrogen and oxygen atoms in total. The Balaban J connectivity index is 0.000000720. The Morgan fingerprint density at radius 1 is 1.23 bits per heavy atom. The van der Waals surface area contributed by atoms with Crippen molar-refractivity contribution in [3.63, 3.8) is 0 Å². The second-order valence-corrected chi connectivity index (χ2v) is 3.71. The lowest BCUT2D eigenvalue weighted by Crippen LogP contribution is -1.80. The van der Waals surface area contributed by atoms with E-state index in [0.29, 0.717) is 0 Å². The first-order chi connectivity index (χ1) is 5.27. The highest BCUT2D eigenvalue weighted by Crippen LogP contribution is 2.21. The van der Waals surface area contributed by atoms with Crippen LogP contribution in [0.15, 0.2) is 12.3 Å². The lowest BCUT2D eigenvalue weighted by Gasteiger charge is -1.89. The number of aromatic nitrogens is 2. The normalized spacial score (nSPS) is 9.08. The number of hydrogen-bond donors (Lipinski definition) is 0. The maximum absolute atomic E-state index is 4.37. The van der Waals surface area contributed by atoms with Crippen molar-refractivity contribution in [3.8, 4) is 0 Å². The molecule has 2 aromatic heterocycles. The maximum atomic E-state index is 4.37. The Labute approximate surface area is 93.2 Å². The van der Waals surface area contributed by atoms with Gasteiger partial charge in [0.1, 0.15) is 5.52 Å². The summed E-state index contributed by atoms with van der Waals surface area (Å²) in [6.45, 7) is 4.01. The highest BCUT2D eigenvalue weighted by molar-refractivity contribution is 7.18. The number of thiazole rings is 1. The van der Waals surface area contributed by atoms with Gasteiger partial charge in [-0.3, -0.25) is 4.98 Å². The van der Waals surface area contributed by atoms with Crippen LogP contribution in [-0.2, 0) is 0 Å². The third-order valence-corrected chi connectivity index (χ3v) is 2.53. The number of hydrogen-bond acceptors (Lipinski definition) is 3. The van der Waals surface area contributed by atoms with Crippen molar-refractivity contribution in [2.45, 2.75) is 13.8 Å². The fourth-order valence-corrected chi connectivity index (χ4v) is 1.97. The number of aryl methyl sites for hydroxylation is 2. The quantitative estimate of drug-likeness (QED) is 0.703. The standard InChI is InChI=1S/C8H8N2S.2ClH/c1-5-8-7(3-4-9-5)11-6(2)10-8;;/h3-4H,1-2H3;2*1H. The van der Waals surface area contributed by atoms with Crippen molar-refractivity contribution >= 4 is 46.4 Å². The summed E-state index contributed by atoms with van der Waals surface area (Å²) in [5, 5.41) is 1.11. The van der Waals surface area contributed by atoms with Gasteiger partial charge in [-0.15, -0.1) is 36.2 Å². The molecule has 0 aliphatic heterocycles. The minimum Gasteiger partial charge on any atom is -0.259 e. The molecule has 2 heterocycles. The third-order valence-electron chi connectivity index (χ3n) is 1.60. The van der Waals surface area contributed by atoms with E-state index in [0.717, 1.165) is 16.2 Å². The molecule has 0 amide bonds. The largest absolute Gasteiger partial charge is 0.259 e. The summed E-state index contributed by atoms with van der Waals surface area (Å²) < 4.78 is 1.23. The zero-order valence-corrected chi connectivity index (χ0v) is 9.72. The van der Waals surface area contributed by atoms with Crippen LogP contribution in [0, 0.1) is 13.8 Å². The highest BCUT2D eigenvalue weighted by Gasteiger charge is 2.01. The van der Waals surface area contributed by atoms with Crippen LogP contribution in [0.25, 0.3) is 10.2 Å². The molecule has 0 aliphatic carbocycles. The van der Waals surface area contributed by atoms with Gasteiger partial charge in [0.15, 0.2) is 0 Å². The molecule has 0 atom stereocenters. The Bertz CT molecular complexity index is 400. The van der Waals surface area contributed by atoms with Crippen LogP contribution >= 0.6 is 36.2 Å². The van der Waals surface area contributed by atoms with Gasteiger partial charge in [-0.05, 0) is 19.9 Å². The minimum atomic E-state index is 0. The molecule has 0 N–H and O–H groups in total. The first kappa shape index (κ1) is 12.6. The van der Waals surface area contributed by atoms with Crippen molar-refractivity contribution in [1.82, 2.24) is 9.97 Å². The molecular weight excluding hydrogens is 227 g/mol. The molecule has 13 heavy (non-hydrogen) atoms. The van der Waals surface area contributed by atoms with E-state index in [2.05, 4.69) is 9.97 Å². The molecule has 0 aromatic carbocycles. The van der Waals surface area contributed by atoms with Crippen LogP contribution in [-0.4, -0.2) is 9.97 Å². The van der Waals surface area contributed by atoms with E-state index in [-0.39, 0.29) is 24.8 Å². The Morgan fingerprint density at radius 3 is 2.54 bits per heavy atom. The van der Waals surface area contributed by atoms with Crippen molar-refractivity contribution in [2.24, 2.45) is 0 Å². The van der Waals surface area contributed by atoms with Gasteiger partial charge in [0.25, 0.3) is 0 Å². The summed E-state index contributed by atoms with van der Waals surface area (Å²) in [6, 6.07) is 2.01. The van der Waals surface area contributed by atoms with Crippen LogP contribution in [0.2, 0.25) is 0 Å². The summed E-state index contributed by atoms with van der Waals surface area (Å²) in [7, 11) is 0. The molecule has 0 aliphatic rings. The summed E-state index contributed by atoms with van der Waals surface area (Å²) in [5.41, 5.74) is 2.07. The van der Waals surface area contributed by atoms with Crippen molar-refractivity contribution in [1.29, 1.82) is 0 Å². The van der Waals surface area contributed by atoms with E-state index >= 15 is 0 Å². The van der Waals surface area contributed by atoms with E-state index in [1.807, 2.05) is 26.1 Å². The summed E-state index contributed by atoms with van der Waals surface area (Å²) >= 11 is 1.72. The van der Waals surface area contributed by atoms with Gasteiger partial charge in [0.2, 0.25) is 0 Å². The fraction of sp³-hybridized carbons (Fsp3) is 0.250. The van der Waals surface area contributed by atoms with Gasteiger partial charge in [0.05, 0.1) is 15.4 Å². The fourth-order valence-electron chi connectivity index (χ4n) is 1.09. The van der Waals surface area contributed by atoms with Gasteiger partial charge in [0, 0.05) is 6.20 Å². The van der Waals surface area contributed by atoms with Gasteiger partial charge in [-0.1, -0.05) is 0 Å². The van der Waals surface area contributed by atoms with Crippen molar-refractivity contribution < 1.29 is 0 Å². The summed E-state index contributed by atoms with van der Waals surface area (Å²) in [4.78, 5) is 8.53. The van der Waals surface area contributed by atoms with E-state index in [1.165, 1.54) is 4.70 Å². The average Bonchev–Trinajstić information content (AvgIpc) is 2.31. The monoisotopic (exact) mass is 236 g/mol. The van der Waals surface area contributed by atoms with E-state index in [1.54, 1.807) is 11.3 Å². The second-order valence-electron chi connectivity index (χ2n) is 2.48. The van der Waals surface area contributed by atoms with Gasteiger partial charge >= 0.3 is 0 Å². The topological polar surface area (TPSA) is 25.8 Å². The van der Waals surface area contributed by atoms with Crippen LogP contribution < -0.4 is 0 Å². The second kappa shape index (κ2) is 4.74. The molecule has 0 saturated carbocycles. The van der Waals surface area contributed by atoms with Gasteiger partial charge in [-0.25, -0.2) is 4.98 Å². The van der Waals surface area contributed by atoms with Crippen molar-refractivity contribution in [2.75, 3.05) is 0 Å². The number of nitrogens with zero attached hydrogens (tertiary/aromatic N) is 2. The molecule has 0 spiro atoms.